The molecule has 1 aromatic carbocycles. The number of rotatable bonds is 4. The first kappa shape index (κ1) is 15.2. The molecule has 6 heteroatoms. The molecule has 1 amide bonds. The molecule has 0 aromatic heterocycles. The summed E-state index contributed by atoms with van der Waals surface area (Å²) in [5.74, 6) is -0.760. The topological polar surface area (TPSA) is 52.6 Å². The molecule has 0 bridgehead atoms. The molecule has 1 aliphatic rings. The van der Waals surface area contributed by atoms with Crippen LogP contribution >= 0.6 is 11.6 Å². The van der Waals surface area contributed by atoms with E-state index in [9.17, 15) is 14.3 Å². The highest BCUT2D eigenvalue weighted by Crippen LogP contribution is 2.19. The van der Waals surface area contributed by atoms with Gasteiger partial charge in [-0.15, -0.1) is 0 Å². The molecule has 1 aromatic rings. The predicted octanol–water partition coefficient (Wildman–Crippen LogP) is 2.26. The summed E-state index contributed by atoms with van der Waals surface area (Å²) in [4.78, 5) is 13.9. The number of carbonyl (C=O) groups excluding carboxylic acids is 1. The van der Waals surface area contributed by atoms with E-state index in [0.29, 0.717) is 18.0 Å². The molecule has 4 nitrogen and oxygen atoms in total. The molecule has 0 atom stereocenters. The zero-order valence-corrected chi connectivity index (χ0v) is 11.9. The average molecular weight is 301 g/mol. The largest absolute Gasteiger partial charge is 0.393 e. The van der Waals surface area contributed by atoms with Gasteiger partial charge in [-0.3, -0.25) is 4.79 Å². The summed E-state index contributed by atoms with van der Waals surface area (Å²) in [5.41, 5.74) is 0.147. The minimum atomic E-state index is -0.535. The van der Waals surface area contributed by atoms with Gasteiger partial charge in [-0.25, -0.2) is 4.39 Å². The van der Waals surface area contributed by atoms with E-state index in [-0.39, 0.29) is 17.7 Å². The lowest BCUT2D eigenvalue weighted by Crippen LogP contribution is -2.37. The monoisotopic (exact) mass is 300 g/mol. The van der Waals surface area contributed by atoms with E-state index in [1.807, 2.05) is 0 Å². The van der Waals surface area contributed by atoms with Gasteiger partial charge in [0.15, 0.2) is 0 Å². The van der Waals surface area contributed by atoms with Crippen molar-refractivity contribution in [3.63, 3.8) is 0 Å². The Labute approximate surface area is 122 Å². The van der Waals surface area contributed by atoms with Crippen LogP contribution in [0.1, 0.15) is 19.3 Å². The summed E-state index contributed by atoms with van der Waals surface area (Å²) in [7, 11) is 0. The van der Waals surface area contributed by atoms with Gasteiger partial charge in [0.1, 0.15) is 5.82 Å². The van der Waals surface area contributed by atoms with Crippen molar-refractivity contribution in [2.45, 2.75) is 25.4 Å². The van der Waals surface area contributed by atoms with Crippen molar-refractivity contribution in [2.24, 2.45) is 0 Å². The zero-order valence-electron chi connectivity index (χ0n) is 11.1. The second-order valence-electron chi connectivity index (χ2n) is 5.00. The van der Waals surface area contributed by atoms with Crippen LogP contribution in [0.3, 0.4) is 0 Å². The smallest absolute Gasteiger partial charge is 0.225 e. The third-order valence-corrected chi connectivity index (χ3v) is 3.65. The van der Waals surface area contributed by atoms with E-state index >= 15 is 0 Å². The molecule has 2 rings (SSSR count). The SMILES string of the molecule is O=C(CCN1CCC(O)CC1)Nc1ccc(Cl)cc1F. The van der Waals surface area contributed by atoms with Crippen LogP contribution in [0.4, 0.5) is 10.1 Å². The number of aliphatic hydroxyl groups is 1. The molecular formula is C14H18ClFN2O2. The molecule has 1 saturated heterocycles. The number of likely N-dealkylation sites (tertiary alicyclic amines) is 1. The molecule has 2 N–H and O–H groups in total. The quantitative estimate of drug-likeness (QED) is 0.897. The number of halogens is 2. The first-order chi connectivity index (χ1) is 9.54. The van der Waals surface area contributed by atoms with Crippen molar-refractivity contribution < 1.29 is 14.3 Å². The Morgan fingerprint density at radius 1 is 1.45 bits per heavy atom. The molecule has 1 fully saturated rings. The maximum Gasteiger partial charge on any atom is 0.225 e. The number of amides is 1. The number of nitrogens with one attached hydrogen (secondary N) is 1. The van der Waals surface area contributed by atoms with Crippen molar-refractivity contribution in [2.75, 3.05) is 25.0 Å². The normalized spacial score (nSPS) is 17.1. The second kappa shape index (κ2) is 7.02. The lowest BCUT2D eigenvalue weighted by molar-refractivity contribution is -0.116. The Hall–Kier alpha value is -1.17. The Balaban J connectivity index is 1.78. The van der Waals surface area contributed by atoms with Crippen molar-refractivity contribution in [1.82, 2.24) is 4.90 Å². The summed E-state index contributed by atoms with van der Waals surface area (Å²) in [6.07, 6.45) is 1.57. The van der Waals surface area contributed by atoms with Gasteiger partial charge in [-0.05, 0) is 31.0 Å². The number of carbonyl (C=O) groups is 1. The van der Waals surface area contributed by atoms with Crippen LogP contribution in [0, 0.1) is 5.82 Å². The fourth-order valence-electron chi connectivity index (χ4n) is 2.21. The van der Waals surface area contributed by atoms with Crippen LogP contribution in [-0.2, 0) is 4.79 Å². The molecule has 0 saturated carbocycles. The zero-order chi connectivity index (χ0) is 14.5. The van der Waals surface area contributed by atoms with Gasteiger partial charge in [0.25, 0.3) is 0 Å². The molecule has 0 aliphatic carbocycles. The molecule has 0 spiro atoms. The molecule has 1 aliphatic heterocycles. The maximum atomic E-state index is 13.5. The number of piperidine rings is 1. The number of nitrogens with zero attached hydrogens (tertiary/aromatic N) is 1. The third-order valence-electron chi connectivity index (χ3n) is 3.42. The van der Waals surface area contributed by atoms with E-state index in [2.05, 4.69) is 10.2 Å². The van der Waals surface area contributed by atoms with E-state index in [1.54, 1.807) is 0 Å². The number of hydrogen-bond acceptors (Lipinski definition) is 3. The van der Waals surface area contributed by atoms with E-state index in [1.165, 1.54) is 18.2 Å². The van der Waals surface area contributed by atoms with Gasteiger partial charge in [0.2, 0.25) is 5.91 Å². The molecule has 110 valence electrons. The second-order valence-corrected chi connectivity index (χ2v) is 5.43. The van der Waals surface area contributed by atoms with Crippen LogP contribution < -0.4 is 5.32 Å². The van der Waals surface area contributed by atoms with Crippen molar-refractivity contribution in [3.05, 3.63) is 29.0 Å². The minimum Gasteiger partial charge on any atom is -0.393 e. The Bertz CT molecular complexity index is 476. The number of hydrogen-bond donors (Lipinski definition) is 2. The fraction of sp³-hybridized carbons (Fsp3) is 0.500. The van der Waals surface area contributed by atoms with E-state index in [0.717, 1.165) is 25.9 Å². The summed E-state index contributed by atoms with van der Waals surface area (Å²) in [5, 5.41) is 12.2. The number of anilines is 1. The molecular weight excluding hydrogens is 283 g/mol. The maximum absolute atomic E-state index is 13.5. The Morgan fingerprint density at radius 2 is 2.15 bits per heavy atom. The first-order valence-electron chi connectivity index (χ1n) is 6.70. The molecule has 1 heterocycles. The van der Waals surface area contributed by atoms with Gasteiger partial charge < -0.3 is 15.3 Å². The summed E-state index contributed by atoms with van der Waals surface area (Å²) in [6.45, 7) is 2.21. The van der Waals surface area contributed by atoms with Crippen LogP contribution in [-0.4, -0.2) is 41.7 Å². The number of benzene rings is 1. The molecule has 20 heavy (non-hydrogen) atoms. The standard InChI is InChI=1S/C14H18ClFN2O2/c15-10-1-2-13(12(16)9-10)17-14(20)5-8-18-6-3-11(19)4-7-18/h1-2,9,11,19H,3-8H2,(H,17,20). The highest BCUT2D eigenvalue weighted by Gasteiger charge is 2.17. The third kappa shape index (κ3) is 4.44. The first-order valence-corrected chi connectivity index (χ1v) is 7.08. The molecule has 0 radical (unpaired) electrons. The lowest BCUT2D eigenvalue weighted by Gasteiger charge is -2.29. The van der Waals surface area contributed by atoms with Crippen molar-refractivity contribution in [3.8, 4) is 0 Å². The Morgan fingerprint density at radius 3 is 2.80 bits per heavy atom. The van der Waals surface area contributed by atoms with Gasteiger partial charge >= 0.3 is 0 Å². The minimum absolute atomic E-state index is 0.147. The number of aliphatic hydroxyl groups excluding tert-OH is 1. The summed E-state index contributed by atoms with van der Waals surface area (Å²) in [6, 6.07) is 4.16. The Kier molecular flexibility index (Phi) is 5.34. The lowest BCUT2D eigenvalue weighted by atomic mass is 10.1. The van der Waals surface area contributed by atoms with Gasteiger partial charge in [-0.1, -0.05) is 11.6 Å². The molecule has 0 unspecified atom stereocenters. The van der Waals surface area contributed by atoms with Crippen LogP contribution in [0.5, 0.6) is 0 Å². The van der Waals surface area contributed by atoms with Gasteiger partial charge in [0.05, 0.1) is 11.8 Å². The van der Waals surface area contributed by atoms with E-state index in [4.69, 9.17) is 11.6 Å². The van der Waals surface area contributed by atoms with Gasteiger partial charge in [-0.2, -0.15) is 0 Å². The summed E-state index contributed by atoms with van der Waals surface area (Å²) >= 11 is 5.65. The van der Waals surface area contributed by atoms with Crippen molar-refractivity contribution >= 4 is 23.2 Å². The van der Waals surface area contributed by atoms with Crippen LogP contribution in [0.15, 0.2) is 18.2 Å². The van der Waals surface area contributed by atoms with Crippen molar-refractivity contribution in [1.29, 1.82) is 0 Å². The highest BCUT2D eigenvalue weighted by atomic mass is 35.5. The van der Waals surface area contributed by atoms with E-state index < -0.39 is 5.82 Å². The predicted molar refractivity (Wildman–Crippen MR) is 76.3 cm³/mol. The average Bonchev–Trinajstić information content (AvgIpc) is 2.41. The van der Waals surface area contributed by atoms with Gasteiger partial charge in [0, 0.05) is 31.1 Å². The van der Waals surface area contributed by atoms with Crippen LogP contribution in [0.25, 0.3) is 0 Å². The van der Waals surface area contributed by atoms with Crippen LogP contribution in [0.2, 0.25) is 5.02 Å². The summed E-state index contributed by atoms with van der Waals surface area (Å²) < 4.78 is 13.5. The fourth-order valence-corrected chi connectivity index (χ4v) is 2.36. The highest BCUT2D eigenvalue weighted by molar-refractivity contribution is 6.30.